The number of rotatable bonds is 3. The number of anilines is 1. The molecule has 5 heteroatoms. The van der Waals surface area contributed by atoms with Gasteiger partial charge in [0.25, 0.3) is 5.91 Å². The zero-order valence-electron chi connectivity index (χ0n) is 7.80. The summed E-state index contributed by atoms with van der Waals surface area (Å²) in [5, 5.41) is 3.00. The van der Waals surface area contributed by atoms with Gasteiger partial charge < -0.3 is 5.32 Å². The Labute approximate surface area is 96.4 Å². The Hall–Kier alpha value is -0.820. The molecule has 4 N–H and O–H groups in total. The van der Waals surface area contributed by atoms with E-state index in [-0.39, 0.29) is 12.5 Å². The molecule has 1 aromatic rings. The summed E-state index contributed by atoms with van der Waals surface area (Å²) in [5.41, 5.74) is 4.13. The molecule has 4 nitrogen and oxygen atoms in total. The number of carbonyl (C=O) groups is 1. The molecule has 0 heterocycles. The predicted octanol–water partition coefficient (Wildman–Crippen LogP) is 1.00. The maximum absolute atomic E-state index is 10.9. The lowest BCUT2D eigenvalue weighted by atomic mass is 10.2. The highest BCUT2D eigenvalue weighted by Gasteiger charge is 2.00. The van der Waals surface area contributed by atoms with Gasteiger partial charge in [-0.25, -0.2) is 5.84 Å². The first-order valence-electron chi connectivity index (χ1n) is 4.13. The van der Waals surface area contributed by atoms with Crippen molar-refractivity contribution in [1.29, 1.82) is 0 Å². The van der Waals surface area contributed by atoms with Gasteiger partial charge in [0.2, 0.25) is 0 Å². The van der Waals surface area contributed by atoms with Crippen LogP contribution in [0.3, 0.4) is 0 Å². The Kier molecular flexibility index (Phi) is 4.15. The van der Waals surface area contributed by atoms with E-state index in [1.54, 1.807) is 0 Å². The zero-order chi connectivity index (χ0) is 10.6. The van der Waals surface area contributed by atoms with E-state index in [1.807, 2.05) is 25.1 Å². The Morgan fingerprint density at radius 3 is 2.86 bits per heavy atom. The van der Waals surface area contributed by atoms with Crippen molar-refractivity contribution in [3.05, 3.63) is 27.3 Å². The molecule has 1 amide bonds. The second kappa shape index (κ2) is 5.16. The molecule has 0 fully saturated rings. The standard InChI is InChI=1S/C9H12IN3O/c1-6-4-7(10)2-3-8(6)12-5-9(14)13-11/h2-4,12H,5,11H2,1H3,(H,13,14). The third kappa shape index (κ3) is 3.15. The van der Waals surface area contributed by atoms with Crippen LogP contribution in [0.2, 0.25) is 0 Å². The molecule has 0 aliphatic rings. The second-order valence-electron chi connectivity index (χ2n) is 2.88. The first-order chi connectivity index (χ1) is 6.63. The minimum atomic E-state index is -0.233. The highest BCUT2D eigenvalue weighted by Crippen LogP contribution is 2.17. The number of carbonyl (C=O) groups excluding carboxylic acids is 1. The van der Waals surface area contributed by atoms with Gasteiger partial charge in [-0.3, -0.25) is 10.2 Å². The molecule has 0 aliphatic carbocycles. The number of halogens is 1. The van der Waals surface area contributed by atoms with Gasteiger partial charge in [0, 0.05) is 9.26 Å². The fourth-order valence-electron chi connectivity index (χ4n) is 1.05. The molecule has 0 radical (unpaired) electrons. The Bertz CT molecular complexity index is 341. The number of nitrogens with two attached hydrogens (primary N) is 1. The molecule has 0 bridgehead atoms. The topological polar surface area (TPSA) is 67.2 Å². The normalized spacial score (nSPS) is 9.64. The number of hydrogen-bond donors (Lipinski definition) is 3. The van der Waals surface area contributed by atoms with Crippen molar-refractivity contribution in [3.8, 4) is 0 Å². The first-order valence-corrected chi connectivity index (χ1v) is 5.21. The average molecular weight is 305 g/mol. The molecule has 0 aliphatic heterocycles. The van der Waals surface area contributed by atoms with Gasteiger partial charge in [0.1, 0.15) is 0 Å². The molecule has 0 saturated carbocycles. The van der Waals surface area contributed by atoms with Crippen LogP contribution in [-0.2, 0) is 4.79 Å². The summed E-state index contributed by atoms with van der Waals surface area (Å²) in [6.07, 6.45) is 0. The third-order valence-corrected chi connectivity index (χ3v) is 2.46. The van der Waals surface area contributed by atoms with Crippen molar-refractivity contribution in [2.45, 2.75) is 6.92 Å². The van der Waals surface area contributed by atoms with Crippen molar-refractivity contribution < 1.29 is 4.79 Å². The second-order valence-corrected chi connectivity index (χ2v) is 4.13. The lowest BCUT2D eigenvalue weighted by Gasteiger charge is -2.08. The van der Waals surface area contributed by atoms with Crippen LogP contribution in [0.15, 0.2) is 18.2 Å². The molecule has 0 atom stereocenters. The van der Waals surface area contributed by atoms with Crippen LogP contribution in [0.4, 0.5) is 5.69 Å². The fraction of sp³-hybridized carbons (Fsp3) is 0.222. The summed E-state index contributed by atoms with van der Waals surface area (Å²) in [6.45, 7) is 2.18. The maximum atomic E-state index is 10.9. The fourth-order valence-corrected chi connectivity index (χ4v) is 1.70. The number of amides is 1. The van der Waals surface area contributed by atoms with Crippen molar-refractivity contribution in [1.82, 2.24) is 5.43 Å². The molecule has 0 unspecified atom stereocenters. The maximum Gasteiger partial charge on any atom is 0.253 e. The summed E-state index contributed by atoms with van der Waals surface area (Å²) >= 11 is 2.24. The van der Waals surface area contributed by atoms with Crippen molar-refractivity contribution in [3.63, 3.8) is 0 Å². The molecule has 0 aromatic heterocycles. The molecule has 1 rings (SSSR count). The van der Waals surface area contributed by atoms with E-state index >= 15 is 0 Å². The van der Waals surface area contributed by atoms with Crippen LogP contribution in [0, 0.1) is 10.5 Å². The molecule has 14 heavy (non-hydrogen) atoms. The van der Waals surface area contributed by atoms with Crippen LogP contribution in [-0.4, -0.2) is 12.5 Å². The van der Waals surface area contributed by atoms with Gasteiger partial charge in [-0.05, 0) is 53.3 Å². The van der Waals surface area contributed by atoms with E-state index in [2.05, 4.69) is 33.3 Å². The van der Waals surface area contributed by atoms with Crippen molar-refractivity contribution in [2.24, 2.45) is 5.84 Å². The van der Waals surface area contributed by atoms with E-state index in [0.29, 0.717) is 0 Å². The smallest absolute Gasteiger partial charge is 0.253 e. The summed E-state index contributed by atoms with van der Waals surface area (Å²) in [6, 6.07) is 5.97. The Balaban J connectivity index is 2.63. The quantitative estimate of drug-likeness (QED) is 0.338. The third-order valence-electron chi connectivity index (χ3n) is 1.79. The zero-order valence-corrected chi connectivity index (χ0v) is 9.96. The van der Waals surface area contributed by atoms with E-state index in [4.69, 9.17) is 5.84 Å². The Morgan fingerprint density at radius 1 is 1.57 bits per heavy atom. The van der Waals surface area contributed by atoms with Crippen molar-refractivity contribution in [2.75, 3.05) is 11.9 Å². The summed E-state index contributed by atoms with van der Waals surface area (Å²) in [4.78, 5) is 10.9. The lowest BCUT2D eigenvalue weighted by Crippen LogP contribution is -2.35. The summed E-state index contributed by atoms with van der Waals surface area (Å²) in [5.74, 6) is 4.72. The molecular weight excluding hydrogens is 293 g/mol. The van der Waals surface area contributed by atoms with E-state index in [0.717, 1.165) is 11.3 Å². The van der Waals surface area contributed by atoms with Gasteiger partial charge in [-0.1, -0.05) is 0 Å². The highest BCUT2D eigenvalue weighted by atomic mass is 127. The number of benzene rings is 1. The summed E-state index contributed by atoms with van der Waals surface area (Å²) < 4.78 is 1.17. The van der Waals surface area contributed by atoms with Crippen LogP contribution in [0.25, 0.3) is 0 Å². The number of hydrazine groups is 1. The predicted molar refractivity (Wildman–Crippen MR) is 64.7 cm³/mol. The van der Waals surface area contributed by atoms with Crippen molar-refractivity contribution >= 4 is 34.2 Å². The number of hydrogen-bond acceptors (Lipinski definition) is 3. The first kappa shape index (κ1) is 11.3. The molecule has 76 valence electrons. The Morgan fingerprint density at radius 2 is 2.29 bits per heavy atom. The minimum Gasteiger partial charge on any atom is -0.376 e. The SMILES string of the molecule is Cc1cc(I)ccc1NCC(=O)NN. The van der Waals surface area contributed by atoms with Gasteiger partial charge in [-0.15, -0.1) is 0 Å². The lowest BCUT2D eigenvalue weighted by molar-refractivity contribution is -0.119. The van der Waals surface area contributed by atoms with Crippen LogP contribution < -0.4 is 16.6 Å². The van der Waals surface area contributed by atoms with Gasteiger partial charge in [0.05, 0.1) is 6.54 Å². The van der Waals surface area contributed by atoms with Crippen LogP contribution in [0.1, 0.15) is 5.56 Å². The monoisotopic (exact) mass is 305 g/mol. The van der Waals surface area contributed by atoms with E-state index in [1.165, 1.54) is 3.57 Å². The van der Waals surface area contributed by atoms with Crippen LogP contribution in [0.5, 0.6) is 0 Å². The molecule has 0 saturated heterocycles. The van der Waals surface area contributed by atoms with Crippen LogP contribution >= 0.6 is 22.6 Å². The molecule has 1 aromatic carbocycles. The number of nitrogens with one attached hydrogen (secondary N) is 2. The molecule has 0 spiro atoms. The summed E-state index contributed by atoms with van der Waals surface area (Å²) in [7, 11) is 0. The molecular formula is C9H12IN3O. The van der Waals surface area contributed by atoms with E-state index < -0.39 is 0 Å². The largest absolute Gasteiger partial charge is 0.376 e. The highest BCUT2D eigenvalue weighted by molar-refractivity contribution is 14.1. The minimum absolute atomic E-state index is 0.192. The van der Waals surface area contributed by atoms with Gasteiger partial charge in [0.15, 0.2) is 0 Å². The average Bonchev–Trinajstić information content (AvgIpc) is 2.16. The van der Waals surface area contributed by atoms with Gasteiger partial charge >= 0.3 is 0 Å². The van der Waals surface area contributed by atoms with E-state index in [9.17, 15) is 4.79 Å². The van der Waals surface area contributed by atoms with Gasteiger partial charge in [-0.2, -0.15) is 0 Å². The number of aryl methyl sites for hydroxylation is 1.